The molecule has 0 aliphatic carbocycles. The molecule has 0 aliphatic rings. The van der Waals surface area contributed by atoms with Crippen LogP contribution in [0.15, 0.2) is 54.6 Å². The molecule has 0 fully saturated rings. The molecule has 28 heavy (non-hydrogen) atoms. The van der Waals surface area contributed by atoms with E-state index in [4.69, 9.17) is 26.8 Å². The Morgan fingerprint density at radius 2 is 1.82 bits per heavy atom. The number of benzene rings is 2. The predicted molar refractivity (Wildman–Crippen MR) is 106 cm³/mol. The molecular formula is C20H17ClN2O4S. The summed E-state index contributed by atoms with van der Waals surface area (Å²) in [7, 11) is 0. The molecule has 0 saturated heterocycles. The van der Waals surface area contributed by atoms with Gasteiger partial charge in [0.2, 0.25) is 6.10 Å². The van der Waals surface area contributed by atoms with Crippen LogP contribution in [-0.2, 0) is 16.1 Å². The van der Waals surface area contributed by atoms with E-state index < -0.39 is 18.0 Å². The van der Waals surface area contributed by atoms with Crippen molar-refractivity contribution >= 4 is 34.8 Å². The third-order valence-electron chi connectivity index (χ3n) is 3.79. The molecule has 1 heterocycles. The van der Waals surface area contributed by atoms with Crippen molar-refractivity contribution in [2.45, 2.75) is 19.6 Å². The summed E-state index contributed by atoms with van der Waals surface area (Å²) in [6, 6.07) is 15.6. The second kappa shape index (κ2) is 8.86. The maximum atomic E-state index is 12.6. The lowest BCUT2D eigenvalue weighted by atomic mass is 10.1. The Kier molecular flexibility index (Phi) is 6.28. The molecule has 0 aliphatic heterocycles. The summed E-state index contributed by atoms with van der Waals surface area (Å²) in [5.41, 5.74) is 6.42. The normalized spacial score (nSPS) is 11.6. The first kappa shape index (κ1) is 19.9. The Hall–Kier alpha value is -2.90. The Morgan fingerprint density at radius 1 is 1.14 bits per heavy atom. The number of amides is 1. The number of thiazole rings is 1. The molecule has 3 rings (SSSR count). The molecule has 6 nitrogen and oxygen atoms in total. The van der Waals surface area contributed by atoms with Gasteiger partial charge in [0.15, 0.2) is 0 Å². The number of halogens is 1. The maximum Gasteiger partial charge on any atom is 0.351 e. The summed E-state index contributed by atoms with van der Waals surface area (Å²) in [5.74, 6) is -0.757. The van der Waals surface area contributed by atoms with Gasteiger partial charge in [0.1, 0.15) is 22.2 Å². The first-order chi connectivity index (χ1) is 13.4. The van der Waals surface area contributed by atoms with Crippen LogP contribution in [-0.4, -0.2) is 16.9 Å². The first-order valence-corrected chi connectivity index (χ1v) is 9.53. The topological polar surface area (TPSA) is 91.5 Å². The Balaban J connectivity index is 1.70. The molecule has 3 aromatic rings. The van der Waals surface area contributed by atoms with E-state index in [-0.39, 0.29) is 6.61 Å². The van der Waals surface area contributed by atoms with Crippen molar-refractivity contribution in [1.82, 2.24) is 4.98 Å². The molecule has 1 atom stereocenters. The van der Waals surface area contributed by atoms with Crippen molar-refractivity contribution in [1.29, 1.82) is 0 Å². The van der Waals surface area contributed by atoms with Crippen LogP contribution < -0.4 is 10.5 Å². The molecule has 2 aromatic carbocycles. The second-order valence-electron chi connectivity index (χ2n) is 5.86. The smallest absolute Gasteiger partial charge is 0.351 e. The number of carbonyl (C=O) groups excluding carboxylic acids is 2. The van der Waals surface area contributed by atoms with Crippen molar-refractivity contribution in [2.75, 3.05) is 0 Å². The minimum absolute atomic E-state index is 0.193. The summed E-state index contributed by atoms with van der Waals surface area (Å²) in [5, 5.41) is 1.22. The van der Waals surface area contributed by atoms with Gasteiger partial charge >= 0.3 is 5.97 Å². The summed E-state index contributed by atoms with van der Waals surface area (Å²) >= 11 is 7.00. The minimum atomic E-state index is -1.16. The number of hydrogen-bond donors (Lipinski definition) is 1. The SMILES string of the molecule is Cc1nc(COc2ccc(Cl)cc2)sc1C(=O)O[C@H](C(N)=O)c1ccccc1. The summed E-state index contributed by atoms with van der Waals surface area (Å²) < 4.78 is 11.0. The lowest BCUT2D eigenvalue weighted by molar-refractivity contribution is -0.127. The van der Waals surface area contributed by atoms with Crippen LogP contribution in [0.25, 0.3) is 0 Å². The van der Waals surface area contributed by atoms with Crippen LogP contribution in [0.5, 0.6) is 5.75 Å². The molecule has 0 radical (unpaired) electrons. The number of carbonyl (C=O) groups is 2. The molecule has 2 N–H and O–H groups in total. The zero-order valence-corrected chi connectivity index (χ0v) is 16.5. The van der Waals surface area contributed by atoms with E-state index in [1.165, 1.54) is 0 Å². The average molecular weight is 417 g/mol. The second-order valence-corrected chi connectivity index (χ2v) is 7.38. The van der Waals surface area contributed by atoms with Gasteiger partial charge in [0.25, 0.3) is 5.91 Å². The van der Waals surface area contributed by atoms with E-state index in [0.717, 1.165) is 11.3 Å². The molecule has 8 heteroatoms. The number of hydrogen-bond acceptors (Lipinski definition) is 6. The van der Waals surface area contributed by atoms with Gasteiger partial charge in [-0.05, 0) is 31.2 Å². The van der Waals surface area contributed by atoms with Crippen LogP contribution in [0, 0.1) is 6.92 Å². The Bertz CT molecular complexity index is 974. The van der Waals surface area contributed by atoms with E-state index in [2.05, 4.69) is 4.98 Å². The maximum absolute atomic E-state index is 12.6. The largest absolute Gasteiger partial charge is 0.486 e. The number of esters is 1. The molecule has 0 saturated carbocycles. The number of ether oxygens (including phenoxy) is 2. The summed E-state index contributed by atoms with van der Waals surface area (Å²) in [6.07, 6.45) is -1.16. The molecule has 0 unspecified atom stereocenters. The van der Waals surface area contributed by atoms with Gasteiger partial charge in [0.05, 0.1) is 5.69 Å². The number of aromatic nitrogens is 1. The Morgan fingerprint density at radius 3 is 2.46 bits per heavy atom. The summed E-state index contributed by atoms with van der Waals surface area (Å²) in [4.78, 5) is 28.9. The van der Waals surface area contributed by atoms with Crippen molar-refractivity contribution in [3.8, 4) is 5.75 Å². The van der Waals surface area contributed by atoms with E-state index >= 15 is 0 Å². The van der Waals surface area contributed by atoms with Gasteiger partial charge in [-0.2, -0.15) is 0 Å². The van der Waals surface area contributed by atoms with Crippen molar-refractivity contribution < 1.29 is 19.1 Å². The zero-order chi connectivity index (χ0) is 20.1. The molecule has 0 bridgehead atoms. The van der Waals surface area contributed by atoms with Gasteiger partial charge in [-0.1, -0.05) is 41.9 Å². The van der Waals surface area contributed by atoms with Gasteiger partial charge in [-0.3, -0.25) is 4.79 Å². The van der Waals surface area contributed by atoms with Crippen LogP contribution in [0.1, 0.15) is 32.0 Å². The average Bonchev–Trinajstić information content (AvgIpc) is 3.06. The molecule has 1 amide bonds. The van der Waals surface area contributed by atoms with Crippen LogP contribution >= 0.6 is 22.9 Å². The van der Waals surface area contributed by atoms with Gasteiger partial charge in [-0.25, -0.2) is 9.78 Å². The lowest BCUT2D eigenvalue weighted by Crippen LogP contribution is -2.26. The minimum Gasteiger partial charge on any atom is -0.486 e. The van der Waals surface area contributed by atoms with E-state index in [1.807, 2.05) is 0 Å². The van der Waals surface area contributed by atoms with Crippen molar-refractivity contribution in [2.24, 2.45) is 5.73 Å². The fourth-order valence-electron chi connectivity index (χ4n) is 2.46. The van der Waals surface area contributed by atoms with Crippen LogP contribution in [0.3, 0.4) is 0 Å². The number of rotatable bonds is 7. The highest BCUT2D eigenvalue weighted by Crippen LogP contribution is 2.25. The third-order valence-corrected chi connectivity index (χ3v) is 5.15. The van der Waals surface area contributed by atoms with E-state index in [0.29, 0.717) is 31.9 Å². The lowest BCUT2D eigenvalue weighted by Gasteiger charge is -2.14. The van der Waals surface area contributed by atoms with Gasteiger partial charge < -0.3 is 15.2 Å². The first-order valence-electron chi connectivity index (χ1n) is 8.34. The van der Waals surface area contributed by atoms with Crippen molar-refractivity contribution in [3.63, 3.8) is 0 Å². The standard InChI is InChI=1S/C20H17ClN2O4S/c1-12-18(20(25)27-17(19(22)24)13-5-3-2-4-6-13)28-16(23-12)11-26-15-9-7-14(21)8-10-15/h2-10,17H,11H2,1H3,(H2,22,24)/t17-/m0/s1. The van der Waals surface area contributed by atoms with Gasteiger partial charge in [-0.15, -0.1) is 11.3 Å². The molecule has 144 valence electrons. The fraction of sp³-hybridized carbons (Fsp3) is 0.150. The highest BCUT2D eigenvalue weighted by atomic mass is 35.5. The highest BCUT2D eigenvalue weighted by molar-refractivity contribution is 7.13. The highest BCUT2D eigenvalue weighted by Gasteiger charge is 2.26. The quantitative estimate of drug-likeness (QED) is 0.586. The molecule has 1 aromatic heterocycles. The Labute approximate surface area is 170 Å². The zero-order valence-electron chi connectivity index (χ0n) is 14.9. The number of nitrogens with two attached hydrogens (primary N) is 1. The predicted octanol–water partition coefficient (Wildman–Crippen LogP) is 4.07. The number of aryl methyl sites for hydroxylation is 1. The number of primary amides is 1. The van der Waals surface area contributed by atoms with E-state index in [1.54, 1.807) is 61.5 Å². The van der Waals surface area contributed by atoms with Crippen LogP contribution in [0.2, 0.25) is 5.02 Å². The third kappa shape index (κ3) is 4.88. The molecule has 0 spiro atoms. The fourth-order valence-corrected chi connectivity index (χ4v) is 3.44. The molecular weight excluding hydrogens is 400 g/mol. The van der Waals surface area contributed by atoms with Gasteiger partial charge in [0, 0.05) is 10.6 Å². The summed E-state index contributed by atoms with van der Waals surface area (Å²) in [6.45, 7) is 1.89. The van der Waals surface area contributed by atoms with Crippen LogP contribution in [0.4, 0.5) is 0 Å². The van der Waals surface area contributed by atoms with E-state index in [9.17, 15) is 9.59 Å². The monoisotopic (exact) mass is 416 g/mol. The van der Waals surface area contributed by atoms with Crippen molar-refractivity contribution in [3.05, 3.63) is 80.8 Å². The number of nitrogens with zero attached hydrogens (tertiary/aromatic N) is 1.